The van der Waals surface area contributed by atoms with E-state index >= 15 is 0 Å². The van der Waals surface area contributed by atoms with E-state index < -0.39 is 0 Å². The molecule has 1 N–H and O–H groups in total. The van der Waals surface area contributed by atoms with Gasteiger partial charge in [0.05, 0.1) is 12.2 Å². The van der Waals surface area contributed by atoms with E-state index in [0.29, 0.717) is 6.54 Å². The Balaban J connectivity index is 2.21. The van der Waals surface area contributed by atoms with Crippen molar-refractivity contribution in [2.75, 3.05) is 11.9 Å². The van der Waals surface area contributed by atoms with Crippen molar-refractivity contribution in [3.05, 3.63) is 52.7 Å². The standard InChI is InChI=1S/C12H14N4O/c1-2-13-10-5-7-14-11(8-10)9-16-12(17)4-3-6-15-16/h3-8H,2,9H2,1H3,(H,13,14). The molecule has 0 radical (unpaired) electrons. The van der Waals surface area contributed by atoms with Gasteiger partial charge in [0.25, 0.3) is 5.56 Å². The maximum atomic E-state index is 11.5. The van der Waals surface area contributed by atoms with Crippen LogP contribution in [-0.2, 0) is 6.54 Å². The average molecular weight is 230 g/mol. The summed E-state index contributed by atoms with van der Waals surface area (Å²) in [6, 6.07) is 6.93. The first-order chi connectivity index (χ1) is 8.29. The molecule has 0 bridgehead atoms. The van der Waals surface area contributed by atoms with Gasteiger partial charge in [-0.05, 0) is 25.1 Å². The number of nitrogens with one attached hydrogen (secondary N) is 1. The van der Waals surface area contributed by atoms with Crippen LogP contribution < -0.4 is 10.9 Å². The fraction of sp³-hybridized carbons (Fsp3) is 0.250. The van der Waals surface area contributed by atoms with Gasteiger partial charge in [-0.1, -0.05) is 0 Å². The molecule has 0 aliphatic heterocycles. The van der Waals surface area contributed by atoms with Crippen LogP contribution in [-0.4, -0.2) is 21.3 Å². The van der Waals surface area contributed by atoms with Crippen LogP contribution in [0, 0.1) is 0 Å². The molecule has 0 unspecified atom stereocenters. The van der Waals surface area contributed by atoms with Crippen LogP contribution in [0.5, 0.6) is 0 Å². The lowest BCUT2D eigenvalue weighted by atomic mass is 10.3. The van der Waals surface area contributed by atoms with Gasteiger partial charge in [0.15, 0.2) is 0 Å². The molecule has 17 heavy (non-hydrogen) atoms. The van der Waals surface area contributed by atoms with Crippen molar-refractivity contribution in [3.63, 3.8) is 0 Å². The van der Waals surface area contributed by atoms with E-state index in [0.717, 1.165) is 17.9 Å². The van der Waals surface area contributed by atoms with E-state index in [4.69, 9.17) is 0 Å². The molecule has 2 aromatic heterocycles. The Bertz CT molecular complexity index is 550. The molecular weight excluding hydrogens is 216 g/mol. The van der Waals surface area contributed by atoms with Gasteiger partial charge in [-0.2, -0.15) is 5.10 Å². The number of aromatic nitrogens is 3. The summed E-state index contributed by atoms with van der Waals surface area (Å²) in [6.07, 6.45) is 3.32. The van der Waals surface area contributed by atoms with Crippen molar-refractivity contribution in [2.24, 2.45) is 0 Å². The zero-order chi connectivity index (χ0) is 12.1. The Labute approximate surface area is 99.1 Å². The fourth-order valence-corrected chi connectivity index (χ4v) is 1.54. The minimum Gasteiger partial charge on any atom is -0.385 e. The molecule has 5 heteroatoms. The van der Waals surface area contributed by atoms with Gasteiger partial charge < -0.3 is 5.32 Å². The monoisotopic (exact) mass is 230 g/mol. The molecule has 2 rings (SSSR count). The number of hydrogen-bond acceptors (Lipinski definition) is 4. The highest BCUT2D eigenvalue weighted by Gasteiger charge is 2.00. The lowest BCUT2D eigenvalue weighted by Gasteiger charge is -2.06. The minimum absolute atomic E-state index is 0.122. The summed E-state index contributed by atoms with van der Waals surface area (Å²) in [6.45, 7) is 3.27. The Kier molecular flexibility index (Phi) is 3.49. The molecule has 5 nitrogen and oxygen atoms in total. The molecule has 0 aliphatic rings. The molecule has 0 amide bonds. The number of rotatable bonds is 4. The van der Waals surface area contributed by atoms with E-state index in [1.165, 1.54) is 10.7 Å². The lowest BCUT2D eigenvalue weighted by molar-refractivity contribution is 0.628. The van der Waals surface area contributed by atoms with Gasteiger partial charge >= 0.3 is 0 Å². The van der Waals surface area contributed by atoms with E-state index in [9.17, 15) is 4.79 Å². The maximum Gasteiger partial charge on any atom is 0.267 e. The summed E-state index contributed by atoms with van der Waals surface area (Å²) in [5.41, 5.74) is 1.69. The minimum atomic E-state index is -0.122. The van der Waals surface area contributed by atoms with Crippen molar-refractivity contribution in [3.8, 4) is 0 Å². The molecule has 0 spiro atoms. The summed E-state index contributed by atoms with van der Waals surface area (Å²) in [7, 11) is 0. The van der Waals surface area contributed by atoms with Crippen LogP contribution in [0.25, 0.3) is 0 Å². The van der Waals surface area contributed by atoms with Gasteiger partial charge in [-0.3, -0.25) is 9.78 Å². The largest absolute Gasteiger partial charge is 0.385 e. The number of pyridine rings is 1. The second-order valence-electron chi connectivity index (χ2n) is 3.59. The lowest BCUT2D eigenvalue weighted by Crippen LogP contribution is -2.22. The molecule has 88 valence electrons. The van der Waals surface area contributed by atoms with Crippen LogP contribution in [0.3, 0.4) is 0 Å². The Morgan fingerprint density at radius 2 is 2.24 bits per heavy atom. The topological polar surface area (TPSA) is 59.8 Å². The van der Waals surface area contributed by atoms with Crippen LogP contribution in [0.4, 0.5) is 5.69 Å². The molecule has 0 saturated heterocycles. The highest BCUT2D eigenvalue weighted by molar-refractivity contribution is 5.42. The number of anilines is 1. The molecule has 2 aromatic rings. The van der Waals surface area contributed by atoms with Crippen LogP contribution in [0.15, 0.2) is 41.5 Å². The Morgan fingerprint density at radius 3 is 3.00 bits per heavy atom. The third kappa shape index (κ3) is 2.90. The summed E-state index contributed by atoms with van der Waals surface area (Å²) in [5, 5.41) is 7.19. The van der Waals surface area contributed by atoms with E-state index in [2.05, 4.69) is 15.4 Å². The molecule has 0 aromatic carbocycles. The summed E-state index contributed by atoms with van der Waals surface area (Å²) >= 11 is 0. The highest BCUT2D eigenvalue weighted by atomic mass is 16.1. The van der Waals surface area contributed by atoms with Gasteiger partial charge in [0.1, 0.15) is 0 Å². The van der Waals surface area contributed by atoms with E-state index in [1.54, 1.807) is 18.5 Å². The predicted octanol–water partition coefficient (Wildman–Crippen LogP) is 1.12. The first-order valence-electron chi connectivity index (χ1n) is 5.50. The van der Waals surface area contributed by atoms with Crippen molar-refractivity contribution in [1.29, 1.82) is 0 Å². The molecule has 0 atom stereocenters. The first kappa shape index (κ1) is 11.3. The third-order valence-corrected chi connectivity index (χ3v) is 2.29. The molecular formula is C12H14N4O. The van der Waals surface area contributed by atoms with Crippen LogP contribution in [0.2, 0.25) is 0 Å². The van der Waals surface area contributed by atoms with Gasteiger partial charge in [0.2, 0.25) is 0 Å². The Hall–Kier alpha value is -2.17. The highest BCUT2D eigenvalue weighted by Crippen LogP contribution is 2.07. The number of hydrogen-bond donors (Lipinski definition) is 1. The normalized spacial score (nSPS) is 10.2. The van der Waals surface area contributed by atoms with Crippen molar-refractivity contribution in [1.82, 2.24) is 14.8 Å². The summed E-state index contributed by atoms with van der Waals surface area (Å²) in [5.74, 6) is 0. The SMILES string of the molecule is CCNc1ccnc(Cn2ncccc2=O)c1. The zero-order valence-electron chi connectivity index (χ0n) is 9.63. The average Bonchev–Trinajstić information content (AvgIpc) is 2.33. The Morgan fingerprint density at radius 1 is 1.35 bits per heavy atom. The van der Waals surface area contributed by atoms with Crippen molar-refractivity contribution < 1.29 is 0 Å². The van der Waals surface area contributed by atoms with Gasteiger partial charge in [0, 0.05) is 30.7 Å². The second-order valence-corrected chi connectivity index (χ2v) is 3.59. The van der Waals surface area contributed by atoms with Gasteiger partial charge in [-0.25, -0.2) is 4.68 Å². The molecule has 0 saturated carbocycles. The smallest absolute Gasteiger partial charge is 0.267 e. The van der Waals surface area contributed by atoms with E-state index in [1.807, 2.05) is 19.1 Å². The maximum absolute atomic E-state index is 11.5. The summed E-state index contributed by atoms with van der Waals surface area (Å²) in [4.78, 5) is 15.7. The van der Waals surface area contributed by atoms with Crippen LogP contribution >= 0.6 is 0 Å². The fourth-order valence-electron chi connectivity index (χ4n) is 1.54. The number of nitrogens with zero attached hydrogens (tertiary/aromatic N) is 3. The molecule has 0 fully saturated rings. The zero-order valence-corrected chi connectivity index (χ0v) is 9.63. The first-order valence-corrected chi connectivity index (χ1v) is 5.50. The molecule has 2 heterocycles. The van der Waals surface area contributed by atoms with Gasteiger partial charge in [-0.15, -0.1) is 0 Å². The second kappa shape index (κ2) is 5.25. The van der Waals surface area contributed by atoms with Crippen LogP contribution in [0.1, 0.15) is 12.6 Å². The summed E-state index contributed by atoms with van der Waals surface area (Å²) < 4.78 is 1.39. The predicted molar refractivity (Wildman–Crippen MR) is 66.0 cm³/mol. The van der Waals surface area contributed by atoms with E-state index in [-0.39, 0.29) is 5.56 Å². The third-order valence-electron chi connectivity index (χ3n) is 2.29. The van der Waals surface area contributed by atoms with Crippen molar-refractivity contribution in [2.45, 2.75) is 13.5 Å². The quantitative estimate of drug-likeness (QED) is 0.855. The van der Waals surface area contributed by atoms with Crippen molar-refractivity contribution >= 4 is 5.69 Å². The molecule has 0 aliphatic carbocycles.